The summed E-state index contributed by atoms with van der Waals surface area (Å²) in [6, 6.07) is -0.403. The first kappa shape index (κ1) is 14.9. The van der Waals surface area contributed by atoms with Crippen LogP contribution in [-0.4, -0.2) is 40.2 Å². The predicted molar refractivity (Wildman–Crippen MR) is 59.0 cm³/mol. The van der Waals surface area contributed by atoms with Crippen molar-refractivity contribution in [2.24, 2.45) is 5.73 Å². The molecule has 0 aliphatic rings. The van der Waals surface area contributed by atoms with Crippen LogP contribution in [0.1, 0.15) is 25.7 Å². The molecule has 0 saturated heterocycles. The summed E-state index contributed by atoms with van der Waals surface area (Å²) in [6.07, 6.45) is -2.59. The molecular formula is C10H17F3N4O. The highest BCUT2D eigenvalue weighted by Crippen LogP contribution is 2.14. The second kappa shape index (κ2) is 6.14. The molecule has 1 atom stereocenters. The lowest BCUT2D eigenvalue weighted by Crippen LogP contribution is -2.32. The quantitative estimate of drug-likeness (QED) is 0.843. The van der Waals surface area contributed by atoms with Crippen LogP contribution in [0, 0.1) is 0 Å². The Hall–Kier alpha value is -1.15. The Balaban J connectivity index is 2.40. The second-order valence-electron chi connectivity index (χ2n) is 4.31. The van der Waals surface area contributed by atoms with Crippen molar-refractivity contribution in [1.29, 1.82) is 0 Å². The van der Waals surface area contributed by atoms with Gasteiger partial charge in [-0.25, -0.2) is 9.67 Å². The van der Waals surface area contributed by atoms with Crippen LogP contribution in [0.25, 0.3) is 0 Å². The van der Waals surface area contributed by atoms with Crippen LogP contribution in [0.15, 0.2) is 6.33 Å². The molecule has 1 aromatic heterocycles. The number of nitrogens with zero attached hydrogens (tertiary/aromatic N) is 3. The number of halogens is 3. The number of rotatable bonds is 6. The second-order valence-corrected chi connectivity index (χ2v) is 4.31. The van der Waals surface area contributed by atoms with Gasteiger partial charge >= 0.3 is 6.18 Å². The molecule has 0 saturated carbocycles. The van der Waals surface area contributed by atoms with Crippen molar-refractivity contribution in [3.8, 4) is 0 Å². The number of nitrogens with two attached hydrogens (primary N) is 1. The molecule has 1 aromatic rings. The van der Waals surface area contributed by atoms with Gasteiger partial charge in [0.1, 0.15) is 18.8 Å². The summed E-state index contributed by atoms with van der Waals surface area (Å²) >= 11 is 0. The van der Waals surface area contributed by atoms with Crippen LogP contribution < -0.4 is 5.73 Å². The zero-order chi connectivity index (χ0) is 13.8. The molecule has 5 nitrogen and oxygen atoms in total. The van der Waals surface area contributed by atoms with E-state index in [9.17, 15) is 13.2 Å². The Morgan fingerprint density at radius 2 is 2.11 bits per heavy atom. The van der Waals surface area contributed by atoms with Gasteiger partial charge in [-0.2, -0.15) is 18.3 Å². The number of hydrogen-bond acceptors (Lipinski definition) is 4. The van der Waals surface area contributed by atoms with Crippen molar-refractivity contribution in [2.75, 3.05) is 13.2 Å². The van der Waals surface area contributed by atoms with E-state index in [0.29, 0.717) is 12.2 Å². The van der Waals surface area contributed by atoms with Crippen LogP contribution in [-0.2, 0) is 11.2 Å². The molecule has 8 heteroatoms. The highest BCUT2D eigenvalue weighted by Gasteiger charge is 2.27. The molecule has 1 unspecified atom stereocenters. The summed E-state index contributed by atoms with van der Waals surface area (Å²) < 4.78 is 41.8. The van der Waals surface area contributed by atoms with Crippen molar-refractivity contribution in [3.63, 3.8) is 0 Å². The maximum absolute atomic E-state index is 11.9. The standard InChI is InChI=1S/C10H17F3N4O/c1-7(2)17-9(15-6-16-17)3-8(14)4-18-5-10(11,12)13/h6-8H,3-5,14H2,1-2H3. The van der Waals surface area contributed by atoms with Crippen LogP contribution in [0.5, 0.6) is 0 Å². The first-order valence-electron chi connectivity index (χ1n) is 5.58. The molecule has 1 heterocycles. The van der Waals surface area contributed by atoms with E-state index in [4.69, 9.17) is 5.73 Å². The molecular weight excluding hydrogens is 249 g/mol. The SMILES string of the molecule is CC(C)n1ncnc1CC(N)COCC(F)(F)F. The van der Waals surface area contributed by atoms with Gasteiger partial charge in [0.2, 0.25) is 0 Å². The summed E-state index contributed by atoms with van der Waals surface area (Å²) in [5, 5.41) is 4.02. The van der Waals surface area contributed by atoms with Crippen LogP contribution >= 0.6 is 0 Å². The lowest BCUT2D eigenvalue weighted by Gasteiger charge is -2.14. The Morgan fingerprint density at radius 3 is 2.67 bits per heavy atom. The van der Waals surface area contributed by atoms with Gasteiger partial charge in [-0.3, -0.25) is 0 Å². The Bertz CT molecular complexity index is 364. The molecule has 0 fully saturated rings. The summed E-state index contributed by atoms with van der Waals surface area (Å²) in [7, 11) is 0. The minimum atomic E-state index is -4.32. The summed E-state index contributed by atoms with van der Waals surface area (Å²) in [4.78, 5) is 4.03. The molecule has 0 bridgehead atoms. The average Bonchev–Trinajstić information content (AvgIpc) is 2.63. The number of hydrogen-bond donors (Lipinski definition) is 1. The Kier molecular flexibility index (Phi) is 5.09. The Labute approximate surface area is 103 Å². The smallest absolute Gasteiger partial charge is 0.370 e. The van der Waals surface area contributed by atoms with Crippen molar-refractivity contribution >= 4 is 0 Å². The van der Waals surface area contributed by atoms with Crippen molar-refractivity contribution < 1.29 is 17.9 Å². The molecule has 2 N–H and O–H groups in total. The topological polar surface area (TPSA) is 66.0 Å². The van der Waals surface area contributed by atoms with E-state index in [0.717, 1.165) is 0 Å². The number of ether oxygens (including phenoxy) is 1. The van der Waals surface area contributed by atoms with Gasteiger partial charge in [0.25, 0.3) is 0 Å². The fourth-order valence-corrected chi connectivity index (χ4v) is 1.47. The fourth-order valence-electron chi connectivity index (χ4n) is 1.47. The zero-order valence-corrected chi connectivity index (χ0v) is 10.3. The molecule has 0 aliphatic carbocycles. The third-order valence-corrected chi connectivity index (χ3v) is 2.18. The minimum absolute atomic E-state index is 0.130. The summed E-state index contributed by atoms with van der Waals surface area (Å²) in [5.74, 6) is 0.646. The number of aromatic nitrogens is 3. The van der Waals surface area contributed by atoms with Gasteiger partial charge < -0.3 is 10.5 Å². The molecule has 1 rings (SSSR count). The van der Waals surface area contributed by atoms with E-state index >= 15 is 0 Å². The van der Waals surface area contributed by atoms with Gasteiger partial charge in [-0.15, -0.1) is 0 Å². The maximum Gasteiger partial charge on any atom is 0.411 e. The first-order chi connectivity index (χ1) is 8.29. The number of alkyl halides is 3. The van der Waals surface area contributed by atoms with E-state index in [1.807, 2.05) is 13.8 Å². The third kappa shape index (κ3) is 5.01. The van der Waals surface area contributed by atoms with Gasteiger partial charge in [0.15, 0.2) is 0 Å². The fraction of sp³-hybridized carbons (Fsp3) is 0.800. The molecule has 104 valence electrons. The van der Waals surface area contributed by atoms with Gasteiger partial charge in [-0.05, 0) is 13.8 Å². The molecule has 0 aliphatic heterocycles. The monoisotopic (exact) mass is 266 g/mol. The third-order valence-electron chi connectivity index (χ3n) is 2.18. The van der Waals surface area contributed by atoms with Gasteiger partial charge in [0.05, 0.1) is 6.61 Å². The molecule has 18 heavy (non-hydrogen) atoms. The summed E-state index contributed by atoms with van der Waals surface area (Å²) in [6.45, 7) is 2.43. The summed E-state index contributed by atoms with van der Waals surface area (Å²) in [5.41, 5.74) is 5.69. The average molecular weight is 266 g/mol. The highest BCUT2D eigenvalue weighted by molar-refractivity contribution is 4.90. The van der Waals surface area contributed by atoms with Crippen molar-refractivity contribution in [1.82, 2.24) is 14.8 Å². The first-order valence-corrected chi connectivity index (χ1v) is 5.58. The highest BCUT2D eigenvalue weighted by atomic mass is 19.4. The molecule has 0 spiro atoms. The largest absolute Gasteiger partial charge is 0.411 e. The van der Waals surface area contributed by atoms with Gasteiger partial charge in [-0.1, -0.05) is 0 Å². The lowest BCUT2D eigenvalue weighted by molar-refractivity contribution is -0.174. The van der Waals surface area contributed by atoms with Crippen LogP contribution in [0.2, 0.25) is 0 Å². The normalized spacial score (nSPS) is 14.2. The van der Waals surface area contributed by atoms with E-state index in [1.165, 1.54) is 6.33 Å². The van der Waals surface area contributed by atoms with Crippen LogP contribution in [0.4, 0.5) is 13.2 Å². The maximum atomic E-state index is 11.9. The van der Waals surface area contributed by atoms with E-state index < -0.39 is 18.8 Å². The van der Waals surface area contributed by atoms with Crippen LogP contribution in [0.3, 0.4) is 0 Å². The molecule has 0 radical (unpaired) electrons. The van der Waals surface area contributed by atoms with Crippen molar-refractivity contribution in [3.05, 3.63) is 12.2 Å². The van der Waals surface area contributed by atoms with Crippen molar-refractivity contribution in [2.45, 2.75) is 38.5 Å². The van der Waals surface area contributed by atoms with E-state index in [-0.39, 0.29) is 12.6 Å². The minimum Gasteiger partial charge on any atom is -0.370 e. The van der Waals surface area contributed by atoms with Gasteiger partial charge in [0, 0.05) is 18.5 Å². The van der Waals surface area contributed by atoms with E-state index in [1.54, 1.807) is 4.68 Å². The van der Waals surface area contributed by atoms with E-state index in [2.05, 4.69) is 14.8 Å². The molecule has 0 amide bonds. The zero-order valence-electron chi connectivity index (χ0n) is 10.3. The predicted octanol–water partition coefficient (Wildman–Crippen LogP) is 1.31. The molecule has 0 aromatic carbocycles. The lowest BCUT2D eigenvalue weighted by atomic mass is 10.2. The Morgan fingerprint density at radius 1 is 1.44 bits per heavy atom.